The maximum atomic E-state index is 5.84. The molecule has 6 heteroatoms. The van der Waals surface area contributed by atoms with E-state index in [1.54, 1.807) is 0 Å². The summed E-state index contributed by atoms with van der Waals surface area (Å²) in [4.78, 5) is 6.89. The normalized spacial score (nSPS) is 17.6. The summed E-state index contributed by atoms with van der Waals surface area (Å²) in [7, 11) is 0. The van der Waals surface area contributed by atoms with Gasteiger partial charge < -0.3 is 15.4 Å². The molecule has 2 heterocycles. The third-order valence-electron chi connectivity index (χ3n) is 4.40. The van der Waals surface area contributed by atoms with E-state index in [2.05, 4.69) is 44.8 Å². The molecule has 2 aliphatic heterocycles. The quantitative estimate of drug-likeness (QED) is 0.634. The Morgan fingerprint density at radius 1 is 1.12 bits per heavy atom. The maximum Gasteiger partial charge on any atom is 0.191 e. The molecular formula is C18H29IN4O. The lowest BCUT2D eigenvalue weighted by Crippen LogP contribution is -2.41. The smallest absolute Gasteiger partial charge is 0.191 e. The van der Waals surface area contributed by atoms with Crippen molar-refractivity contribution in [2.24, 2.45) is 4.99 Å². The summed E-state index contributed by atoms with van der Waals surface area (Å²) in [6.07, 6.45) is 4.80. The van der Waals surface area contributed by atoms with Gasteiger partial charge in [-0.3, -0.25) is 9.89 Å². The first kappa shape index (κ1) is 19.3. The molecule has 24 heavy (non-hydrogen) atoms. The van der Waals surface area contributed by atoms with Gasteiger partial charge in [-0.15, -0.1) is 24.0 Å². The van der Waals surface area contributed by atoms with Gasteiger partial charge in [0, 0.05) is 26.2 Å². The van der Waals surface area contributed by atoms with Crippen molar-refractivity contribution in [3.63, 3.8) is 0 Å². The van der Waals surface area contributed by atoms with Crippen LogP contribution in [0, 0.1) is 0 Å². The van der Waals surface area contributed by atoms with Gasteiger partial charge in [-0.25, -0.2) is 0 Å². The van der Waals surface area contributed by atoms with Gasteiger partial charge in [0.1, 0.15) is 12.4 Å². The fourth-order valence-electron chi connectivity index (χ4n) is 3.03. The molecular weight excluding hydrogens is 415 g/mol. The molecule has 0 spiro atoms. The van der Waals surface area contributed by atoms with Crippen LogP contribution in [-0.2, 0) is 6.42 Å². The first-order valence-electron chi connectivity index (χ1n) is 8.86. The summed E-state index contributed by atoms with van der Waals surface area (Å²) >= 11 is 0. The molecule has 1 fully saturated rings. The molecule has 0 radical (unpaired) electrons. The van der Waals surface area contributed by atoms with Crippen LogP contribution in [-0.4, -0.2) is 56.7 Å². The minimum atomic E-state index is 0. The highest BCUT2D eigenvalue weighted by atomic mass is 127. The molecule has 3 rings (SSSR count). The molecule has 1 aromatic carbocycles. The van der Waals surface area contributed by atoms with Crippen LogP contribution in [0.2, 0.25) is 0 Å². The number of benzene rings is 1. The van der Waals surface area contributed by atoms with E-state index in [9.17, 15) is 0 Å². The van der Waals surface area contributed by atoms with Crippen molar-refractivity contribution in [1.82, 2.24) is 15.5 Å². The molecule has 0 aliphatic carbocycles. The number of hydrogen-bond acceptors (Lipinski definition) is 5. The minimum absolute atomic E-state index is 0. The van der Waals surface area contributed by atoms with Crippen molar-refractivity contribution in [1.29, 1.82) is 0 Å². The van der Waals surface area contributed by atoms with Gasteiger partial charge in [0.15, 0.2) is 5.96 Å². The summed E-state index contributed by atoms with van der Waals surface area (Å²) in [5.41, 5.74) is 1.32. The second-order valence-electron chi connectivity index (χ2n) is 6.23. The van der Waals surface area contributed by atoms with Crippen LogP contribution in [0.15, 0.2) is 29.3 Å². The van der Waals surface area contributed by atoms with Crippen molar-refractivity contribution in [2.75, 3.05) is 45.9 Å². The van der Waals surface area contributed by atoms with Crippen molar-refractivity contribution >= 4 is 29.9 Å². The number of aliphatic imine (C=N–C) groups is 1. The summed E-state index contributed by atoms with van der Waals surface area (Å²) in [5, 5.41) is 6.63. The van der Waals surface area contributed by atoms with Gasteiger partial charge in [-0.05, 0) is 56.5 Å². The zero-order valence-electron chi connectivity index (χ0n) is 14.3. The number of halogens is 1. The van der Waals surface area contributed by atoms with Crippen molar-refractivity contribution < 1.29 is 4.74 Å². The molecule has 134 valence electrons. The van der Waals surface area contributed by atoms with Crippen LogP contribution in [0.3, 0.4) is 0 Å². The molecule has 0 amide bonds. The first-order valence-corrected chi connectivity index (χ1v) is 8.86. The molecule has 0 aromatic heterocycles. The molecule has 0 unspecified atom stereocenters. The molecule has 0 saturated carbocycles. The predicted octanol–water partition coefficient (Wildman–Crippen LogP) is 2.26. The van der Waals surface area contributed by atoms with E-state index in [-0.39, 0.29) is 24.0 Å². The van der Waals surface area contributed by atoms with Crippen LogP contribution in [0.5, 0.6) is 5.75 Å². The Morgan fingerprint density at radius 3 is 2.62 bits per heavy atom. The zero-order chi connectivity index (χ0) is 15.7. The van der Waals surface area contributed by atoms with E-state index >= 15 is 0 Å². The number of likely N-dealkylation sites (tertiary alicyclic amines) is 1. The average molecular weight is 444 g/mol. The second-order valence-corrected chi connectivity index (χ2v) is 6.23. The summed E-state index contributed by atoms with van der Waals surface area (Å²) in [6, 6.07) is 8.47. The highest BCUT2D eigenvalue weighted by Crippen LogP contribution is 2.13. The molecule has 5 nitrogen and oxygen atoms in total. The third kappa shape index (κ3) is 6.47. The van der Waals surface area contributed by atoms with Crippen LogP contribution in [0.1, 0.15) is 24.8 Å². The molecule has 0 bridgehead atoms. The predicted molar refractivity (Wildman–Crippen MR) is 110 cm³/mol. The summed E-state index contributed by atoms with van der Waals surface area (Å²) in [5.74, 6) is 1.91. The minimum Gasteiger partial charge on any atom is -0.492 e. The monoisotopic (exact) mass is 444 g/mol. The molecule has 1 saturated heterocycles. The standard InChI is InChI=1S/C18H28N4O.HI/c1-2-13-22(12-1)14-15-23-17-6-4-16(5-7-17)8-11-21-18-19-9-3-10-20-18;/h4-7H,1-3,8-15H2,(H2,19,20,21);1H. The Labute approximate surface area is 162 Å². The first-order chi connectivity index (χ1) is 11.4. The largest absolute Gasteiger partial charge is 0.492 e. The average Bonchev–Trinajstić information content (AvgIpc) is 3.11. The van der Waals surface area contributed by atoms with Crippen LogP contribution in [0.4, 0.5) is 0 Å². The Morgan fingerprint density at radius 2 is 1.92 bits per heavy atom. The van der Waals surface area contributed by atoms with Gasteiger partial charge in [-0.2, -0.15) is 0 Å². The Balaban J connectivity index is 0.00000208. The fraction of sp³-hybridized carbons (Fsp3) is 0.611. The van der Waals surface area contributed by atoms with Crippen molar-refractivity contribution in [2.45, 2.75) is 25.7 Å². The van der Waals surface area contributed by atoms with E-state index in [0.717, 1.165) is 57.3 Å². The fourth-order valence-corrected chi connectivity index (χ4v) is 3.03. The number of nitrogens with one attached hydrogen (secondary N) is 2. The summed E-state index contributed by atoms with van der Waals surface area (Å²) < 4.78 is 5.84. The molecule has 1 aromatic rings. The number of nitrogens with zero attached hydrogens (tertiary/aromatic N) is 2. The van der Waals surface area contributed by atoms with E-state index in [1.807, 2.05) is 0 Å². The molecule has 0 atom stereocenters. The van der Waals surface area contributed by atoms with Gasteiger partial charge in [0.05, 0.1) is 0 Å². The second kappa shape index (κ2) is 10.8. The van der Waals surface area contributed by atoms with Crippen LogP contribution < -0.4 is 15.4 Å². The van der Waals surface area contributed by atoms with Crippen LogP contribution in [0.25, 0.3) is 0 Å². The molecule has 2 N–H and O–H groups in total. The lowest BCUT2D eigenvalue weighted by Gasteiger charge is -2.16. The third-order valence-corrected chi connectivity index (χ3v) is 4.40. The van der Waals surface area contributed by atoms with E-state index in [1.165, 1.54) is 31.5 Å². The zero-order valence-corrected chi connectivity index (χ0v) is 16.6. The molecule has 2 aliphatic rings. The van der Waals surface area contributed by atoms with Crippen LogP contribution >= 0.6 is 24.0 Å². The van der Waals surface area contributed by atoms with Gasteiger partial charge in [0.25, 0.3) is 0 Å². The van der Waals surface area contributed by atoms with Crippen molar-refractivity contribution in [3.05, 3.63) is 29.8 Å². The topological polar surface area (TPSA) is 48.9 Å². The van der Waals surface area contributed by atoms with Gasteiger partial charge in [0.2, 0.25) is 0 Å². The highest BCUT2D eigenvalue weighted by Gasteiger charge is 2.10. The van der Waals surface area contributed by atoms with E-state index < -0.39 is 0 Å². The SMILES string of the molecule is I.c1cc(OCCN2CCCC2)ccc1CCNC1=NCCCN1. The Hall–Kier alpha value is -1.02. The summed E-state index contributed by atoms with van der Waals surface area (Å²) in [6.45, 7) is 7.15. The lowest BCUT2D eigenvalue weighted by molar-refractivity contribution is 0.238. The van der Waals surface area contributed by atoms with Crippen molar-refractivity contribution in [3.8, 4) is 5.75 Å². The number of guanidine groups is 1. The highest BCUT2D eigenvalue weighted by molar-refractivity contribution is 14.0. The number of hydrogen-bond donors (Lipinski definition) is 2. The van der Waals surface area contributed by atoms with Gasteiger partial charge in [-0.1, -0.05) is 12.1 Å². The number of ether oxygens (including phenoxy) is 1. The van der Waals surface area contributed by atoms with E-state index in [4.69, 9.17) is 4.74 Å². The maximum absolute atomic E-state index is 5.84. The van der Waals surface area contributed by atoms with E-state index in [0.29, 0.717) is 0 Å². The number of rotatable bonds is 7. The Kier molecular flexibility index (Phi) is 8.66. The lowest BCUT2D eigenvalue weighted by atomic mass is 10.1. The van der Waals surface area contributed by atoms with Gasteiger partial charge >= 0.3 is 0 Å². The Bertz CT molecular complexity index is 500.